The average molecular weight is 283 g/mol. The van der Waals surface area contributed by atoms with Crippen LogP contribution < -0.4 is 4.72 Å². The molecule has 5 nitrogen and oxygen atoms in total. The van der Waals surface area contributed by atoms with Crippen LogP contribution in [0.5, 0.6) is 0 Å². The van der Waals surface area contributed by atoms with Crippen LogP contribution in [-0.4, -0.2) is 31.3 Å². The first-order chi connectivity index (χ1) is 8.94. The van der Waals surface area contributed by atoms with Crippen molar-refractivity contribution in [3.63, 3.8) is 0 Å². The highest BCUT2D eigenvalue weighted by Crippen LogP contribution is 2.06. The lowest BCUT2D eigenvalue weighted by Crippen LogP contribution is -2.41. The molecule has 0 aromatic heterocycles. The minimum atomic E-state index is -3.63. The average Bonchev–Trinajstić information content (AvgIpc) is 2.35. The minimum Gasteiger partial charge on any atom is -0.480 e. The third kappa shape index (κ3) is 5.67. The molecule has 6 heteroatoms. The maximum absolute atomic E-state index is 11.5. The number of hydrogen-bond acceptors (Lipinski definition) is 3. The lowest BCUT2D eigenvalue weighted by Gasteiger charge is -2.14. The Labute approximate surface area is 113 Å². The molecule has 0 bridgehead atoms. The van der Waals surface area contributed by atoms with Crippen molar-refractivity contribution in [3.8, 4) is 0 Å². The van der Waals surface area contributed by atoms with Gasteiger partial charge in [0.25, 0.3) is 0 Å². The van der Waals surface area contributed by atoms with Crippen LogP contribution in [0.3, 0.4) is 0 Å². The van der Waals surface area contributed by atoms with Gasteiger partial charge in [-0.25, -0.2) is 13.1 Å². The predicted molar refractivity (Wildman–Crippen MR) is 73.3 cm³/mol. The maximum Gasteiger partial charge on any atom is 0.321 e. The first-order valence-corrected chi connectivity index (χ1v) is 7.47. The van der Waals surface area contributed by atoms with Crippen LogP contribution in [0, 0.1) is 0 Å². The molecule has 19 heavy (non-hydrogen) atoms. The zero-order valence-electron chi connectivity index (χ0n) is 10.5. The van der Waals surface area contributed by atoms with Crippen molar-refractivity contribution in [2.75, 3.05) is 5.75 Å². The summed E-state index contributed by atoms with van der Waals surface area (Å²) in [5, 5.41) is 9.03. The van der Waals surface area contributed by atoms with Gasteiger partial charge in [0.2, 0.25) is 10.0 Å². The van der Waals surface area contributed by atoms with Crippen molar-refractivity contribution in [1.29, 1.82) is 0 Å². The third-order valence-electron chi connectivity index (χ3n) is 2.52. The van der Waals surface area contributed by atoms with E-state index in [0.29, 0.717) is 6.42 Å². The van der Waals surface area contributed by atoms with E-state index in [1.807, 2.05) is 30.3 Å². The van der Waals surface area contributed by atoms with Gasteiger partial charge in [-0.1, -0.05) is 36.4 Å². The van der Waals surface area contributed by atoms with Crippen LogP contribution in [0.25, 0.3) is 0 Å². The minimum absolute atomic E-state index is 0.204. The van der Waals surface area contributed by atoms with Gasteiger partial charge in [0.05, 0.1) is 5.75 Å². The van der Waals surface area contributed by atoms with Crippen LogP contribution in [0.1, 0.15) is 12.0 Å². The van der Waals surface area contributed by atoms with Crippen molar-refractivity contribution in [1.82, 2.24) is 4.72 Å². The summed E-state index contributed by atoms with van der Waals surface area (Å²) < 4.78 is 25.2. The zero-order chi connectivity index (χ0) is 14.3. The Morgan fingerprint density at radius 3 is 2.53 bits per heavy atom. The molecule has 0 radical (unpaired) electrons. The number of nitrogens with one attached hydrogen (secondary N) is 1. The van der Waals surface area contributed by atoms with Gasteiger partial charge in [-0.2, -0.15) is 0 Å². The number of rotatable bonds is 8. The molecule has 0 aliphatic heterocycles. The molecule has 1 aromatic carbocycles. The van der Waals surface area contributed by atoms with E-state index in [4.69, 9.17) is 5.11 Å². The lowest BCUT2D eigenvalue weighted by molar-refractivity contribution is -0.139. The third-order valence-corrected chi connectivity index (χ3v) is 3.84. The fourth-order valence-electron chi connectivity index (χ4n) is 1.61. The topological polar surface area (TPSA) is 83.5 Å². The summed E-state index contributed by atoms with van der Waals surface area (Å²) in [6, 6.07) is 8.20. The Morgan fingerprint density at radius 2 is 2.00 bits per heavy atom. The molecule has 0 fully saturated rings. The summed E-state index contributed by atoms with van der Waals surface area (Å²) in [5.74, 6) is -1.47. The number of carboxylic acid groups (broad SMARTS) is 1. The number of carbonyl (C=O) groups is 1. The van der Waals surface area contributed by atoms with E-state index in [9.17, 15) is 13.2 Å². The quantitative estimate of drug-likeness (QED) is 0.702. The fraction of sp³-hybridized carbons (Fsp3) is 0.308. The van der Waals surface area contributed by atoms with Crippen molar-refractivity contribution in [2.45, 2.75) is 18.9 Å². The van der Waals surface area contributed by atoms with Crippen LogP contribution in [0.2, 0.25) is 0 Å². The van der Waals surface area contributed by atoms with Gasteiger partial charge in [-0.15, -0.1) is 6.58 Å². The number of aliphatic carboxylic acids is 1. The highest BCUT2D eigenvalue weighted by molar-refractivity contribution is 7.89. The molecule has 0 aliphatic carbocycles. The Morgan fingerprint density at radius 1 is 1.37 bits per heavy atom. The largest absolute Gasteiger partial charge is 0.480 e. The van der Waals surface area contributed by atoms with Crippen molar-refractivity contribution in [3.05, 3.63) is 48.6 Å². The molecule has 104 valence electrons. The van der Waals surface area contributed by atoms with E-state index in [2.05, 4.69) is 11.3 Å². The molecule has 0 saturated heterocycles. The molecule has 0 aliphatic rings. The first kappa shape index (κ1) is 15.4. The van der Waals surface area contributed by atoms with Crippen LogP contribution >= 0.6 is 0 Å². The summed E-state index contributed by atoms with van der Waals surface area (Å²) in [5.41, 5.74) is 0.969. The van der Waals surface area contributed by atoms with E-state index in [-0.39, 0.29) is 12.2 Å². The monoisotopic (exact) mass is 283 g/mol. The number of benzene rings is 1. The van der Waals surface area contributed by atoms with E-state index in [1.54, 1.807) is 0 Å². The summed E-state index contributed by atoms with van der Waals surface area (Å²) in [6.07, 6.45) is 1.92. The van der Waals surface area contributed by atoms with Crippen LogP contribution in [-0.2, 0) is 21.2 Å². The highest BCUT2D eigenvalue weighted by atomic mass is 32.2. The fourth-order valence-corrected chi connectivity index (χ4v) is 2.67. The second-order valence-electron chi connectivity index (χ2n) is 4.10. The van der Waals surface area contributed by atoms with Crippen LogP contribution in [0.4, 0.5) is 0 Å². The number of carboxylic acids is 1. The molecule has 0 spiro atoms. The molecule has 1 rings (SSSR count). The highest BCUT2D eigenvalue weighted by Gasteiger charge is 2.22. The summed E-state index contributed by atoms with van der Waals surface area (Å²) in [4.78, 5) is 11.0. The van der Waals surface area contributed by atoms with E-state index >= 15 is 0 Å². The molecule has 0 heterocycles. The van der Waals surface area contributed by atoms with Gasteiger partial charge >= 0.3 is 5.97 Å². The standard InChI is InChI=1S/C13H17NO4S/c1-2-10-19(17,18)14-12(13(15)16)9-8-11-6-4-3-5-7-11/h2-7,12,14H,1,8-10H2,(H,15,16). The van der Waals surface area contributed by atoms with E-state index in [1.165, 1.54) is 6.08 Å². The zero-order valence-corrected chi connectivity index (χ0v) is 11.3. The molecule has 1 atom stereocenters. The molecule has 0 amide bonds. The van der Waals surface area contributed by atoms with Crippen molar-refractivity contribution in [2.24, 2.45) is 0 Å². The summed E-state index contributed by atoms with van der Waals surface area (Å²) in [7, 11) is -3.63. The summed E-state index contributed by atoms with van der Waals surface area (Å²) >= 11 is 0. The molecular formula is C13H17NO4S. The number of hydrogen-bond donors (Lipinski definition) is 2. The van der Waals surface area contributed by atoms with Gasteiger partial charge in [-0.05, 0) is 18.4 Å². The van der Waals surface area contributed by atoms with Gasteiger partial charge in [0, 0.05) is 0 Å². The first-order valence-electron chi connectivity index (χ1n) is 5.82. The van der Waals surface area contributed by atoms with Crippen molar-refractivity contribution >= 4 is 16.0 Å². The molecule has 2 N–H and O–H groups in total. The number of sulfonamides is 1. The molecule has 0 saturated carbocycles. The lowest BCUT2D eigenvalue weighted by atomic mass is 10.1. The maximum atomic E-state index is 11.5. The van der Waals surface area contributed by atoms with Gasteiger partial charge in [-0.3, -0.25) is 4.79 Å². The second kappa shape index (κ2) is 7.06. The molecule has 1 unspecified atom stereocenters. The SMILES string of the molecule is C=CCS(=O)(=O)NC(CCc1ccccc1)C(=O)O. The Balaban J connectivity index is 2.64. The van der Waals surface area contributed by atoms with Gasteiger partial charge in [0.1, 0.15) is 6.04 Å². The predicted octanol–water partition coefficient (Wildman–Crippen LogP) is 1.18. The van der Waals surface area contributed by atoms with Gasteiger partial charge < -0.3 is 5.11 Å². The Bertz CT molecular complexity index is 525. The van der Waals surface area contributed by atoms with E-state index < -0.39 is 22.0 Å². The summed E-state index contributed by atoms with van der Waals surface area (Å²) in [6.45, 7) is 3.32. The van der Waals surface area contributed by atoms with Crippen molar-refractivity contribution < 1.29 is 18.3 Å². The van der Waals surface area contributed by atoms with Crippen LogP contribution in [0.15, 0.2) is 43.0 Å². The normalized spacial score (nSPS) is 12.8. The Hall–Kier alpha value is -1.66. The Kier molecular flexibility index (Phi) is 5.72. The molecular weight excluding hydrogens is 266 g/mol. The van der Waals surface area contributed by atoms with E-state index in [0.717, 1.165) is 5.56 Å². The second-order valence-corrected chi connectivity index (χ2v) is 5.90. The molecule has 1 aromatic rings. The smallest absolute Gasteiger partial charge is 0.321 e. The van der Waals surface area contributed by atoms with Gasteiger partial charge in [0.15, 0.2) is 0 Å². The number of aryl methyl sites for hydroxylation is 1.